The van der Waals surface area contributed by atoms with Gasteiger partial charge in [-0.1, -0.05) is 18.2 Å². The predicted octanol–water partition coefficient (Wildman–Crippen LogP) is 1.53. The second-order valence-corrected chi connectivity index (χ2v) is 4.94. The highest BCUT2D eigenvalue weighted by molar-refractivity contribution is 5.79. The second-order valence-electron chi connectivity index (χ2n) is 4.94. The molecule has 0 N–H and O–H groups in total. The minimum absolute atomic E-state index is 0.0139. The summed E-state index contributed by atoms with van der Waals surface area (Å²) < 4.78 is 13.5. The molecule has 0 aliphatic carbocycles. The van der Waals surface area contributed by atoms with Crippen LogP contribution in [0.3, 0.4) is 0 Å². The first-order valence-corrected chi connectivity index (χ1v) is 6.29. The second kappa shape index (κ2) is 5.48. The van der Waals surface area contributed by atoms with E-state index in [-0.39, 0.29) is 18.1 Å². The van der Waals surface area contributed by atoms with E-state index in [1.54, 1.807) is 18.2 Å². The van der Waals surface area contributed by atoms with Gasteiger partial charge in [0, 0.05) is 25.7 Å². The maximum Gasteiger partial charge on any atom is 0.227 e. The van der Waals surface area contributed by atoms with Crippen molar-refractivity contribution in [2.75, 3.05) is 26.7 Å². The molecule has 0 spiro atoms. The molecule has 2 rings (SSSR count). The summed E-state index contributed by atoms with van der Waals surface area (Å²) in [6, 6.07) is 6.84. The minimum Gasteiger partial charge on any atom is -0.340 e. The van der Waals surface area contributed by atoms with Gasteiger partial charge in [-0.25, -0.2) is 4.39 Å². The zero-order valence-corrected chi connectivity index (χ0v) is 10.9. The van der Waals surface area contributed by atoms with Crippen molar-refractivity contribution in [3.8, 4) is 0 Å². The molecule has 1 atom stereocenters. The Morgan fingerprint density at radius 2 is 2.11 bits per heavy atom. The standard InChI is InChI=1S/C14H19FN2O/c1-11-10-17(8-7-16(11)2)14(18)9-12-5-3-4-6-13(12)15/h3-6,11H,7-10H2,1-2H3. The van der Waals surface area contributed by atoms with Gasteiger partial charge in [0.2, 0.25) is 5.91 Å². The monoisotopic (exact) mass is 250 g/mol. The number of carbonyl (C=O) groups is 1. The highest BCUT2D eigenvalue weighted by Crippen LogP contribution is 2.12. The van der Waals surface area contributed by atoms with Gasteiger partial charge in [0.05, 0.1) is 6.42 Å². The molecular weight excluding hydrogens is 231 g/mol. The smallest absolute Gasteiger partial charge is 0.227 e. The zero-order chi connectivity index (χ0) is 13.1. The van der Waals surface area contributed by atoms with Crippen LogP contribution in [0.15, 0.2) is 24.3 Å². The lowest BCUT2D eigenvalue weighted by molar-refractivity contribution is -0.133. The highest BCUT2D eigenvalue weighted by Gasteiger charge is 2.24. The summed E-state index contributed by atoms with van der Waals surface area (Å²) in [4.78, 5) is 16.2. The SMILES string of the molecule is CC1CN(C(=O)Cc2ccccc2F)CCN1C. The molecule has 0 aromatic heterocycles. The van der Waals surface area contributed by atoms with Crippen molar-refractivity contribution in [1.82, 2.24) is 9.80 Å². The summed E-state index contributed by atoms with van der Waals surface area (Å²) in [7, 11) is 2.06. The van der Waals surface area contributed by atoms with E-state index in [9.17, 15) is 9.18 Å². The first-order chi connectivity index (χ1) is 8.58. The quantitative estimate of drug-likeness (QED) is 0.794. The van der Waals surface area contributed by atoms with E-state index in [4.69, 9.17) is 0 Å². The molecule has 4 heteroatoms. The Bertz CT molecular complexity index is 436. The molecular formula is C14H19FN2O. The van der Waals surface area contributed by atoms with Crippen molar-refractivity contribution in [2.45, 2.75) is 19.4 Å². The average molecular weight is 250 g/mol. The molecule has 1 unspecified atom stereocenters. The molecule has 3 nitrogen and oxygen atoms in total. The van der Waals surface area contributed by atoms with E-state index in [0.29, 0.717) is 11.6 Å². The number of likely N-dealkylation sites (N-methyl/N-ethyl adjacent to an activating group) is 1. The normalized spacial score (nSPS) is 21.1. The molecule has 0 radical (unpaired) electrons. The van der Waals surface area contributed by atoms with Crippen molar-refractivity contribution >= 4 is 5.91 Å². The van der Waals surface area contributed by atoms with E-state index in [2.05, 4.69) is 18.9 Å². The number of halogens is 1. The summed E-state index contributed by atoms with van der Waals surface area (Å²) in [6.07, 6.45) is 0.156. The Labute approximate surface area is 107 Å². The fraction of sp³-hybridized carbons (Fsp3) is 0.500. The van der Waals surface area contributed by atoms with E-state index < -0.39 is 0 Å². The molecule has 1 aliphatic rings. The van der Waals surface area contributed by atoms with Crippen LogP contribution in [0.2, 0.25) is 0 Å². The van der Waals surface area contributed by atoms with Gasteiger partial charge < -0.3 is 9.80 Å². The summed E-state index contributed by atoms with van der Waals surface area (Å²) in [6.45, 7) is 4.44. The molecule has 1 aromatic carbocycles. The minimum atomic E-state index is -0.298. The third-order valence-corrected chi connectivity index (χ3v) is 3.61. The summed E-state index contributed by atoms with van der Waals surface area (Å²) in [5.74, 6) is -0.284. The highest BCUT2D eigenvalue weighted by atomic mass is 19.1. The lowest BCUT2D eigenvalue weighted by Crippen LogP contribution is -2.52. The number of amides is 1. The van der Waals surface area contributed by atoms with Gasteiger partial charge in [0.1, 0.15) is 5.82 Å². The van der Waals surface area contributed by atoms with Crippen LogP contribution in [-0.2, 0) is 11.2 Å². The molecule has 1 aliphatic heterocycles. The van der Waals surface area contributed by atoms with E-state index in [1.807, 2.05) is 4.90 Å². The molecule has 1 fully saturated rings. The first kappa shape index (κ1) is 13.0. The number of carbonyl (C=O) groups excluding carboxylic acids is 1. The fourth-order valence-corrected chi connectivity index (χ4v) is 2.19. The van der Waals surface area contributed by atoms with Gasteiger partial charge in [-0.15, -0.1) is 0 Å². The average Bonchev–Trinajstić information content (AvgIpc) is 2.35. The van der Waals surface area contributed by atoms with Gasteiger partial charge in [-0.3, -0.25) is 4.79 Å². The van der Waals surface area contributed by atoms with Crippen LogP contribution in [-0.4, -0.2) is 48.4 Å². The molecule has 1 amide bonds. The fourth-order valence-electron chi connectivity index (χ4n) is 2.19. The van der Waals surface area contributed by atoms with Crippen LogP contribution >= 0.6 is 0 Å². The Morgan fingerprint density at radius 1 is 1.39 bits per heavy atom. The van der Waals surface area contributed by atoms with Crippen molar-refractivity contribution < 1.29 is 9.18 Å². The maximum absolute atomic E-state index is 13.5. The van der Waals surface area contributed by atoms with Crippen LogP contribution < -0.4 is 0 Å². The lowest BCUT2D eigenvalue weighted by Gasteiger charge is -2.37. The molecule has 1 aromatic rings. The summed E-state index contributed by atoms with van der Waals surface area (Å²) in [5, 5.41) is 0. The largest absolute Gasteiger partial charge is 0.340 e. The Morgan fingerprint density at radius 3 is 2.78 bits per heavy atom. The van der Waals surface area contributed by atoms with Gasteiger partial charge in [0.25, 0.3) is 0 Å². The van der Waals surface area contributed by atoms with Crippen molar-refractivity contribution in [1.29, 1.82) is 0 Å². The third-order valence-electron chi connectivity index (χ3n) is 3.61. The zero-order valence-electron chi connectivity index (χ0n) is 10.9. The van der Waals surface area contributed by atoms with E-state index in [0.717, 1.165) is 19.6 Å². The van der Waals surface area contributed by atoms with Crippen LogP contribution in [0, 0.1) is 5.82 Å². The van der Waals surface area contributed by atoms with Gasteiger partial charge >= 0.3 is 0 Å². The lowest BCUT2D eigenvalue weighted by atomic mass is 10.1. The summed E-state index contributed by atoms with van der Waals surface area (Å²) >= 11 is 0. The molecule has 98 valence electrons. The molecule has 1 saturated heterocycles. The maximum atomic E-state index is 13.5. The number of hydrogen-bond acceptors (Lipinski definition) is 2. The van der Waals surface area contributed by atoms with E-state index in [1.165, 1.54) is 6.07 Å². The molecule has 0 saturated carbocycles. The van der Waals surface area contributed by atoms with Crippen LogP contribution in [0.25, 0.3) is 0 Å². The van der Waals surface area contributed by atoms with Crippen molar-refractivity contribution in [3.63, 3.8) is 0 Å². The van der Waals surface area contributed by atoms with Gasteiger partial charge in [-0.05, 0) is 25.6 Å². The van der Waals surface area contributed by atoms with Crippen molar-refractivity contribution in [3.05, 3.63) is 35.6 Å². The van der Waals surface area contributed by atoms with Gasteiger partial charge in [0.15, 0.2) is 0 Å². The third kappa shape index (κ3) is 2.88. The predicted molar refractivity (Wildman–Crippen MR) is 68.8 cm³/mol. The number of nitrogens with zero attached hydrogens (tertiary/aromatic N) is 2. The number of benzene rings is 1. The Balaban J connectivity index is 1.99. The number of hydrogen-bond donors (Lipinski definition) is 0. The number of rotatable bonds is 2. The molecule has 1 heterocycles. The topological polar surface area (TPSA) is 23.6 Å². The molecule has 18 heavy (non-hydrogen) atoms. The number of piperazine rings is 1. The van der Waals surface area contributed by atoms with E-state index >= 15 is 0 Å². The van der Waals surface area contributed by atoms with Crippen LogP contribution in [0.5, 0.6) is 0 Å². The Kier molecular flexibility index (Phi) is 3.97. The van der Waals surface area contributed by atoms with Crippen molar-refractivity contribution in [2.24, 2.45) is 0 Å². The molecule has 0 bridgehead atoms. The summed E-state index contributed by atoms with van der Waals surface area (Å²) in [5.41, 5.74) is 0.481. The van der Waals surface area contributed by atoms with Crippen LogP contribution in [0.1, 0.15) is 12.5 Å². The van der Waals surface area contributed by atoms with Gasteiger partial charge in [-0.2, -0.15) is 0 Å². The van der Waals surface area contributed by atoms with Crippen LogP contribution in [0.4, 0.5) is 4.39 Å². The first-order valence-electron chi connectivity index (χ1n) is 6.29. The Hall–Kier alpha value is -1.42.